The second-order valence-electron chi connectivity index (χ2n) is 6.33. The van der Waals surface area contributed by atoms with Gasteiger partial charge in [0, 0.05) is 30.6 Å². The monoisotopic (exact) mass is 313 g/mol. The van der Waals surface area contributed by atoms with Crippen LogP contribution in [-0.2, 0) is 4.79 Å². The Bertz CT molecular complexity index is 705. The van der Waals surface area contributed by atoms with Crippen molar-refractivity contribution >= 4 is 22.6 Å². The van der Waals surface area contributed by atoms with Crippen LogP contribution in [0.25, 0.3) is 10.8 Å². The lowest BCUT2D eigenvalue weighted by atomic mass is 10.1. The van der Waals surface area contributed by atoms with E-state index in [2.05, 4.69) is 10.6 Å². The molecule has 0 aliphatic rings. The summed E-state index contributed by atoms with van der Waals surface area (Å²) in [4.78, 5) is 23.8. The fourth-order valence-electron chi connectivity index (χ4n) is 2.14. The minimum absolute atomic E-state index is 0.123. The van der Waals surface area contributed by atoms with E-state index in [-0.39, 0.29) is 18.2 Å². The van der Waals surface area contributed by atoms with E-state index >= 15 is 0 Å². The second-order valence-corrected chi connectivity index (χ2v) is 6.33. The van der Waals surface area contributed by atoms with Gasteiger partial charge in [-0.2, -0.15) is 0 Å². The first-order valence-corrected chi connectivity index (χ1v) is 7.68. The van der Waals surface area contributed by atoms with Crippen LogP contribution in [-0.4, -0.2) is 30.4 Å². The molecule has 2 aromatic rings. The van der Waals surface area contributed by atoms with E-state index in [1.54, 1.807) is 6.07 Å². The van der Waals surface area contributed by atoms with E-state index in [1.807, 2.05) is 50.2 Å². The first kappa shape index (κ1) is 17.0. The predicted octanol–water partition coefficient (Wildman–Crippen LogP) is 1.81. The molecule has 0 spiro atoms. The van der Waals surface area contributed by atoms with E-state index in [9.17, 15) is 9.59 Å². The number of amides is 2. The molecule has 4 N–H and O–H groups in total. The summed E-state index contributed by atoms with van der Waals surface area (Å²) in [6.07, 6.45) is 0.232. The first-order chi connectivity index (χ1) is 10.8. The maximum Gasteiger partial charge on any atom is 0.251 e. The van der Waals surface area contributed by atoms with Crippen molar-refractivity contribution in [3.63, 3.8) is 0 Å². The molecule has 0 aromatic heterocycles. The van der Waals surface area contributed by atoms with Crippen LogP contribution in [0.5, 0.6) is 0 Å². The summed E-state index contributed by atoms with van der Waals surface area (Å²) < 4.78 is 0. The molecule has 0 fully saturated rings. The van der Waals surface area contributed by atoms with Gasteiger partial charge in [0.25, 0.3) is 5.91 Å². The second kappa shape index (κ2) is 7.24. The minimum Gasteiger partial charge on any atom is -0.354 e. The van der Waals surface area contributed by atoms with Crippen LogP contribution < -0.4 is 16.4 Å². The molecule has 23 heavy (non-hydrogen) atoms. The zero-order valence-corrected chi connectivity index (χ0v) is 13.6. The average Bonchev–Trinajstić information content (AvgIpc) is 2.51. The summed E-state index contributed by atoms with van der Waals surface area (Å²) in [6, 6.07) is 13.4. The number of benzene rings is 2. The maximum atomic E-state index is 12.1. The topological polar surface area (TPSA) is 84.2 Å². The highest BCUT2D eigenvalue weighted by Gasteiger charge is 2.12. The first-order valence-electron chi connectivity index (χ1n) is 7.68. The molecule has 0 saturated carbocycles. The molecule has 122 valence electrons. The maximum absolute atomic E-state index is 12.1. The van der Waals surface area contributed by atoms with Crippen molar-refractivity contribution in [2.24, 2.45) is 5.73 Å². The molecule has 2 rings (SSSR count). The Morgan fingerprint density at radius 3 is 2.43 bits per heavy atom. The summed E-state index contributed by atoms with van der Waals surface area (Å²) in [5.74, 6) is -0.301. The van der Waals surface area contributed by atoms with Crippen molar-refractivity contribution < 1.29 is 9.59 Å². The molecule has 0 bridgehead atoms. The molecule has 0 saturated heterocycles. The molecular weight excluding hydrogens is 290 g/mol. The van der Waals surface area contributed by atoms with Crippen molar-refractivity contribution in [3.05, 3.63) is 48.0 Å². The van der Waals surface area contributed by atoms with E-state index in [1.165, 1.54) is 0 Å². The molecule has 0 aliphatic carbocycles. The number of hydrogen-bond acceptors (Lipinski definition) is 3. The lowest BCUT2D eigenvalue weighted by molar-refractivity contribution is -0.121. The fourth-order valence-corrected chi connectivity index (χ4v) is 2.14. The molecule has 0 heterocycles. The number of nitrogens with two attached hydrogens (primary N) is 1. The summed E-state index contributed by atoms with van der Waals surface area (Å²) in [7, 11) is 0. The Kier molecular flexibility index (Phi) is 5.34. The molecule has 0 unspecified atom stereocenters. The van der Waals surface area contributed by atoms with Crippen LogP contribution in [0.15, 0.2) is 42.5 Å². The zero-order valence-electron chi connectivity index (χ0n) is 13.6. The highest BCUT2D eigenvalue weighted by Crippen LogP contribution is 2.15. The number of fused-ring (bicyclic) bond motifs is 1. The van der Waals surface area contributed by atoms with Crippen molar-refractivity contribution in [2.45, 2.75) is 25.8 Å². The van der Waals surface area contributed by atoms with Crippen LogP contribution in [0.2, 0.25) is 0 Å². The van der Waals surface area contributed by atoms with Crippen molar-refractivity contribution in [2.75, 3.05) is 13.1 Å². The summed E-state index contributed by atoms with van der Waals surface area (Å²) in [5.41, 5.74) is 5.95. The van der Waals surface area contributed by atoms with Gasteiger partial charge in [0.2, 0.25) is 5.91 Å². The third kappa shape index (κ3) is 5.38. The van der Waals surface area contributed by atoms with Gasteiger partial charge in [0.05, 0.1) is 0 Å². The van der Waals surface area contributed by atoms with Gasteiger partial charge in [-0.05, 0) is 36.8 Å². The number of nitrogens with one attached hydrogen (secondary N) is 2. The third-order valence-electron chi connectivity index (χ3n) is 3.39. The molecule has 2 amide bonds. The SMILES string of the molecule is CC(C)(N)CNC(=O)CCNC(=O)c1ccc2ccccc2c1. The van der Waals surface area contributed by atoms with E-state index in [0.717, 1.165) is 10.8 Å². The predicted molar refractivity (Wildman–Crippen MR) is 92.2 cm³/mol. The smallest absolute Gasteiger partial charge is 0.251 e. The van der Waals surface area contributed by atoms with Gasteiger partial charge in [0.15, 0.2) is 0 Å². The standard InChI is InChI=1S/C18H23N3O2/c1-18(2,19)12-21-16(22)9-10-20-17(23)15-8-7-13-5-3-4-6-14(13)11-15/h3-8,11H,9-10,12,19H2,1-2H3,(H,20,23)(H,21,22). The van der Waals surface area contributed by atoms with Gasteiger partial charge in [0.1, 0.15) is 0 Å². The normalized spacial score (nSPS) is 11.3. The number of hydrogen-bond donors (Lipinski definition) is 3. The van der Waals surface area contributed by atoms with Gasteiger partial charge in [-0.25, -0.2) is 0 Å². The van der Waals surface area contributed by atoms with Gasteiger partial charge in [-0.1, -0.05) is 30.3 Å². The molecule has 0 radical (unpaired) electrons. The summed E-state index contributed by atoms with van der Waals surface area (Å²) in [6.45, 7) is 4.39. The van der Waals surface area contributed by atoms with Crippen LogP contribution in [0.1, 0.15) is 30.6 Å². The number of rotatable bonds is 6. The van der Waals surface area contributed by atoms with Crippen molar-refractivity contribution in [1.29, 1.82) is 0 Å². The van der Waals surface area contributed by atoms with Crippen molar-refractivity contribution in [1.82, 2.24) is 10.6 Å². The number of carbonyl (C=O) groups excluding carboxylic acids is 2. The lowest BCUT2D eigenvalue weighted by Gasteiger charge is -2.18. The highest BCUT2D eigenvalue weighted by atomic mass is 16.2. The van der Waals surface area contributed by atoms with Gasteiger partial charge < -0.3 is 16.4 Å². The Morgan fingerprint density at radius 2 is 1.74 bits per heavy atom. The van der Waals surface area contributed by atoms with Crippen LogP contribution in [0.4, 0.5) is 0 Å². The van der Waals surface area contributed by atoms with Crippen LogP contribution in [0.3, 0.4) is 0 Å². The minimum atomic E-state index is -0.440. The summed E-state index contributed by atoms with van der Waals surface area (Å²) in [5, 5.41) is 7.61. The van der Waals surface area contributed by atoms with E-state index < -0.39 is 5.54 Å². The fraction of sp³-hybridized carbons (Fsp3) is 0.333. The molecular formula is C18H23N3O2. The Hall–Kier alpha value is -2.40. The molecule has 0 atom stereocenters. The Balaban J connectivity index is 1.83. The van der Waals surface area contributed by atoms with Gasteiger partial charge in [-0.15, -0.1) is 0 Å². The van der Waals surface area contributed by atoms with Gasteiger partial charge in [-0.3, -0.25) is 9.59 Å². The molecule has 5 heteroatoms. The highest BCUT2D eigenvalue weighted by molar-refractivity contribution is 5.98. The number of carbonyl (C=O) groups is 2. The Labute approximate surface area is 136 Å². The molecule has 0 aliphatic heterocycles. The lowest BCUT2D eigenvalue weighted by Crippen LogP contribution is -2.45. The van der Waals surface area contributed by atoms with E-state index in [0.29, 0.717) is 18.7 Å². The van der Waals surface area contributed by atoms with Crippen LogP contribution in [0, 0.1) is 0 Å². The molecule has 2 aromatic carbocycles. The Morgan fingerprint density at radius 1 is 1.04 bits per heavy atom. The van der Waals surface area contributed by atoms with Crippen LogP contribution >= 0.6 is 0 Å². The molecule has 5 nitrogen and oxygen atoms in total. The average molecular weight is 313 g/mol. The van der Waals surface area contributed by atoms with Crippen molar-refractivity contribution in [3.8, 4) is 0 Å². The largest absolute Gasteiger partial charge is 0.354 e. The van der Waals surface area contributed by atoms with Gasteiger partial charge >= 0.3 is 0 Å². The zero-order chi connectivity index (χ0) is 16.9. The summed E-state index contributed by atoms with van der Waals surface area (Å²) >= 11 is 0. The van der Waals surface area contributed by atoms with E-state index in [4.69, 9.17) is 5.73 Å². The third-order valence-corrected chi connectivity index (χ3v) is 3.39. The quantitative estimate of drug-likeness (QED) is 0.760.